The largest absolute Gasteiger partial charge is 0.352 e. The first kappa shape index (κ1) is 14.2. The van der Waals surface area contributed by atoms with Crippen LogP contribution in [-0.2, 0) is 14.3 Å². The van der Waals surface area contributed by atoms with Gasteiger partial charge in [0, 0.05) is 23.4 Å². The normalized spacial score (nSPS) is 18.5. The van der Waals surface area contributed by atoms with Crippen molar-refractivity contribution in [3.05, 3.63) is 28.0 Å². The molecule has 0 saturated carbocycles. The summed E-state index contributed by atoms with van der Waals surface area (Å²) in [6.45, 7) is 5.52. The minimum absolute atomic E-state index is 0.0463. The molecule has 1 N–H and O–H groups in total. The monoisotopic (exact) mass is 281 g/mol. The second-order valence-corrected chi connectivity index (χ2v) is 5.66. The third-order valence-electron chi connectivity index (χ3n) is 3.02. The molecule has 0 radical (unpaired) electrons. The average molecular weight is 281 g/mol. The molecule has 4 nitrogen and oxygen atoms in total. The number of hydrogen-bond acceptors (Lipinski definition) is 4. The molecule has 19 heavy (non-hydrogen) atoms. The van der Waals surface area contributed by atoms with Gasteiger partial charge >= 0.3 is 0 Å². The zero-order valence-electron chi connectivity index (χ0n) is 11.3. The second kappa shape index (κ2) is 6.32. The number of thiophene rings is 1. The van der Waals surface area contributed by atoms with Gasteiger partial charge in [0.25, 0.3) is 0 Å². The summed E-state index contributed by atoms with van der Waals surface area (Å²) >= 11 is 1.62. The summed E-state index contributed by atoms with van der Waals surface area (Å²) in [6, 6.07) is 3.96. The first-order valence-electron chi connectivity index (χ1n) is 6.37. The molecule has 0 aliphatic carbocycles. The molecular weight excluding hydrogens is 262 g/mol. The molecule has 1 amide bonds. The van der Waals surface area contributed by atoms with Crippen molar-refractivity contribution in [2.24, 2.45) is 0 Å². The van der Waals surface area contributed by atoms with Gasteiger partial charge in [-0.25, -0.2) is 0 Å². The van der Waals surface area contributed by atoms with Crippen LogP contribution in [0.15, 0.2) is 23.1 Å². The molecule has 104 valence electrons. The molecule has 0 bridgehead atoms. The summed E-state index contributed by atoms with van der Waals surface area (Å²) in [7, 11) is 0. The number of carbonyl (C=O) groups is 1. The highest BCUT2D eigenvalue weighted by molar-refractivity contribution is 7.10. The second-order valence-electron chi connectivity index (χ2n) is 4.68. The molecule has 0 aromatic carbocycles. The van der Waals surface area contributed by atoms with Crippen LogP contribution in [-0.4, -0.2) is 31.5 Å². The van der Waals surface area contributed by atoms with E-state index < -0.39 is 5.79 Å². The van der Waals surface area contributed by atoms with Gasteiger partial charge in [-0.1, -0.05) is 6.07 Å². The zero-order valence-corrected chi connectivity index (χ0v) is 12.1. The Balaban J connectivity index is 1.78. The number of hydrogen-bond donors (Lipinski definition) is 1. The van der Waals surface area contributed by atoms with Crippen molar-refractivity contribution in [2.45, 2.75) is 26.1 Å². The maximum Gasteiger partial charge on any atom is 0.246 e. The summed E-state index contributed by atoms with van der Waals surface area (Å²) in [5.74, 6) is -0.589. The van der Waals surface area contributed by atoms with Crippen LogP contribution >= 0.6 is 11.3 Å². The molecule has 1 aromatic heterocycles. The lowest BCUT2D eigenvalue weighted by Gasteiger charge is -2.22. The first-order valence-corrected chi connectivity index (χ1v) is 7.25. The lowest BCUT2D eigenvalue weighted by atomic mass is 10.2. The minimum atomic E-state index is -0.543. The quantitative estimate of drug-likeness (QED) is 0.843. The van der Waals surface area contributed by atoms with Gasteiger partial charge in [-0.05, 0) is 31.4 Å². The van der Waals surface area contributed by atoms with Crippen molar-refractivity contribution < 1.29 is 14.3 Å². The predicted octanol–water partition coefficient (Wildman–Crippen LogP) is 2.42. The van der Waals surface area contributed by atoms with Crippen LogP contribution in [0.4, 0.5) is 0 Å². The molecule has 0 spiro atoms. The van der Waals surface area contributed by atoms with Gasteiger partial charge in [-0.2, -0.15) is 0 Å². The number of carbonyl (C=O) groups excluding carboxylic acids is 1. The van der Waals surface area contributed by atoms with Crippen LogP contribution in [0.3, 0.4) is 0 Å². The fourth-order valence-electron chi connectivity index (χ4n) is 1.90. The Kier molecular flexibility index (Phi) is 4.74. The molecular formula is C14H19NO3S. The Bertz CT molecular complexity index is 447. The minimum Gasteiger partial charge on any atom is -0.352 e. The molecule has 0 unspecified atom stereocenters. The number of nitrogens with one attached hydrogen (secondary N) is 1. The zero-order chi connectivity index (χ0) is 13.7. The van der Waals surface area contributed by atoms with E-state index in [-0.39, 0.29) is 5.91 Å². The summed E-state index contributed by atoms with van der Waals surface area (Å²) in [6.07, 6.45) is 2.55. The van der Waals surface area contributed by atoms with Crippen LogP contribution in [0.2, 0.25) is 0 Å². The van der Waals surface area contributed by atoms with Gasteiger partial charge in [0.15, 0.2) is 5.79 Å². The molecule has 1 fully saturated rings. The predicted molar refractivity (Wildman–Crippen MR) is 75.9 cm³/mol. The van der Waals surface area contributed by atoms with E-state index in [1.807, 2.05) is 37.4 Å². The van der Waals surface area contributed by atoms with Crippen LogP contribution in [0.5, 0.6) is 0 Å². The molecule has 5 heteroatoms. The molecule has 2 rings (SSSR count). The van der Waals surface area contributed by atoms with Gasteiger partial charge in [-0.3, -0.25) is 4.79 Å². The highest BCUT2D eigenvalue weighted by atomic mass is 32.1. The Morgan fingerprint density at radius 2 is 2.26 bits per heavy atom. The molecule has 1 aliphatic rings. The van der Waals surface area contributed by atoms with E-state index in [1.165, 1.54) is 0 Å². The molecule has 1 aromatic rings. The van der Waals surface area contributed by atoms with Crippen LogP contribution in [0, 0.1) is 0 Å². The van der Waals surface area contributed by atoms with Crippen LogP contribution < -0.4 is 5.32 Å². The molecule has 2 heterocycles. The van der Waals surface area contributed by atoms with Gasteiger partial charge < -0.3 is 14.8 Å². The van der Waals surface area contributed by atoms with Crippen LogP contribution in [0.1, 0.15) is 25.1 Å². The van der Waals surface area contributed by atoms with E-state index in [4.69, 9.17) is 9.47 Å². The third kappa shape index (κ3) is 4.16. The Labute approximate surface area is 117 Å². The number of rotatable bonds is 5. The van der Waals surface area contributed by atoms with Crippen molar-refractivity contribution in [2.75, 3.05) is 19.8 Å². The van der Waals surface area contributed by atoms with Gasteiger partial charge in [0.2, 0.25) is 5.91 Å². The van der Waals surface area contributed by atoms with Gasteiger partial charge in [0.1, 0.15) is 0 Å². The number of ether oxygens (including phenoxy) is 2. The molecule has 0 atom stereocenters. The molecule has 1 saturated heterocycles. The lowest BCUT2D eigenvalue weighted by molar-refractivity contribution is -0.146. The summed E-state index contributed by atoms with van der Waals surface area (Å²) in [5, 5.41) is 4.88. The van der Waals surface area contributed by atoms with E-state index in [0.717, 1.165) is 4.88 Å². The summed E-state index contributed by atoms with van der Waals surface area (Å²) in [5.41, 5.74) is 0.709. The van der Waals surface area contributed by atoms with E-state index in [9.17, 15) is 4.79 Å². The fraction of sp³-hybridized carbons (Fsp3) is 0.500. The lowest BCUT2D eigenvalue weighted by Crippen LogP contribution is -2.33. The Hall–Kier alpha value is -1.17. The highest BCUT2D eigenvalue weighted by Crippen LogP contribution is 2.21. The van der Waals surface area contributed by atoms with Gasteiger partial charge in [-0.15, -0.1) is 11.3 Å². The van der Waals surface area contributed by atoms with Crippen molar-refractivity contribution in [1.82, 2.24) is 5.32 Å². The summed E-state index contributed by atoms with van der Waals surface area (Å²) in [4.78, 5) is 13.0. The topological polar surface area (TPSA) is 47.6 Å². The highest BCUT2D eigenvalue weighted by Gasteiger charge is 2.30. The van der Waals surface area contributed by atoms with Crippen molar-refractivity contribution in [3.8, 4) is 0 Å². The average Bonchev–Trinajstić information content (AvgIpc) is 3.01. The Morgan fingerprint density at radius 1 is 1.53 bits per heavy atom. The molecule has 1 aliphatic heterocycles. The maximum absolute atomic E-state index is 11.9. The first-order chi connectivity index (χ1) is 9.09. The van der Waals surface area contributed by atoms with E-state index >= 15 is 0 Å². The fourth-order valence-corrected chi connectivity index (χ4v) is 2.61. The van der Waals surface area contributed by atoms with E-state index in [0.29, 0.717) is 31.8 Å². The van der Waals surface area contributed by atoms with E-state index in [2.05, 4.69) is 5.32 Å². The SMILES string of the molecule is C/C(=C\c1cccs1)C(=O)NCCC1(C)OCCO1. The Morgan fingerprint density at radius 3 is 2.89 bits per heavy atom. The van der Waals surface area contributed by atoms with E-state index in [1.54, 1.807) is 11.3 Å². The van der Waals surface area contributed by atoms with Crippen LogP contribution in [0.25, 0.3) is 6.08 Å². The summed E-state index contributed by atoms with van der Waals surface area (Å²) < 4.78 is 11.0. The van der Waals surface area contributed by atoms with Gasteiger partial charge in [0.05, 0.1) is 13.2 Å². The van der Waals surface area contributed by atoms with Crippen molar-refractivity contribution >= 4 is 23.3 Å². The van der Waals surface area contributed by atoms with Crippen molar-refractivity contribution in [3.63, 3.8) is 0 Å². The van der Waals surface area contributed by atoms with Crippen molar-refractivity contribution in [1.29, 1.82) is 0 Å². The third-order valence-corrected chi connectivity index (χ3v) is 3.84. The standard InChI is InChI=1S/C14H19NO3S/c1-11(10-12-4-3-9-19-12)13(16)15-6-5-14(2)17-7-8-18-14/h3-4,9-10H,5-8H2,1-2H3,(H,15,16)/b11-10+. The maximum atomic E-state index is 11.9. The number of amides is 1. The smallest absolute Gasteiger partial charge is 0.246 e.